The van der Waals surface area contributed by atoms with Crippen LogP contribution in [-0.4, -0.2) is 31.7 Å². The highest BCUT2D eigenvalue weighted by molar-refractivity contribution is 7.92. The Bertz CT molecular complexity index is 804. The van der Waals surface area contributed by atoms with E-state index in [1.807, 2.05) is 0 Å². The van der Waals surface area contributed by atoms with Crippen molar-refractivity contribution in [3.63, 3.8) is 0 Å². The van der Waals surface area contributed by atoms with Crippen LogP contribution >= 0.6 is 0 Å². The number of pyridine rings is 1. The molecule has 0 amide bonds. The first-order valence-corrected chi connectivity index (χ1v) is 7.69. The van der Waals surface area contributed by atoms with E-state index in [1.54, 1.807) is 24.3 Å². The molecular formula is C14H12FN3O3S. The second-order valence-corrected chi connectivity index (χ2v) is 6.11. The van der Waals surface area contributed by atoms with Gasteiger partial charge in [-0.05, 0) is 12.1 Å². The zero-order valence-corrected chi connectivity index (χ0v) is 12.2. The number of nitrogens with zero attached hydrogens (tertiary/aromatic N) is 3. The van der Waals surface area contributed by atoms with Crippen molar-refractivity contribution in [3.8, 4) is 6.07 Å². The summed E-state index contributed by atoms with van der Waals surface area (Å²) >= 11 is 0. The van der Waals surface area contributed by atoms with E-state index in [0.717, 1.165) is 16.6 Å². The summed E-state index contributed by atoms with van der Waals surface area (Å²) in [4.78, 5) is 3.71. The minimum Gasteiger partial charge on any atom is -0.394 e. The summed E-state index contributed by atoms with van der Waals surface area (Å²) < 4.78 is 39.4. The van der Waals surface area contributed by atoms with E-state index >= 15 is 0 Å². The highest BCUT2D eigenvalue weighted by Crippen LogP contribution is 2.23. The molecule has 0 aliphatic rings. The maximum Gasteiger partial charge on any atom is 0.265 e. The Morgan fingerprint density at radius 1 is 1.32 bits per heavy atom. The molecule has 2 rings (SSSR count). The number of rotatable bonds is 5. The third-order valence-corrected chi connectivity index (χ3v) is 4.67. The smallest absolute Gasteiger partial charge is 0.265 e. The van der Waals surface area contributed by atoms with E-state index in [1.165, 1.54) is 12.1 Å². The SMILES string of the molecule is N#Cc1cc(N(CCO)S(=O)(=O)c2ccccc2)ncc1F. The van der Waals surface area contributed by atoms with Crippen LogP contribution in [0.1, 0.15) is 5.56 Å². The van der Waals surface area contributed by atoms with Gasteiger partial charge in [0.05, 0.1) is 29.8 Å². The summed E-state index contributed by atoms with van der Waals surface area (Å²) in [6, 6.07) is 10.2. The lowest BCUT2D eigenvalue weighted by Gasteiger charge is -2.22. The van der Waals surface area contributed by atoms with Crippen LogP contribution in [-0.2, 0) is 10.0 Å². The molecule has 0 spiro atoms. The predicted molar refractivity (Wildman–Crippen MR) is 77.0 cm³/mol. The zero-order chi connectivity index (χ0) is 16.2. The Morgan fingerprint density at radius 2 is 2.00 bits per heavy atom. The first-order valence-electron chi connectivity index (χ1n) is 6.25. The number of hydrogen-bond donors (Lipinski definition) is 1. The molecule has 0 aliphatic carbocycles. The number of aromatic nitrogens is 1. The van der Waals surface area contributed by atoms with Gasteiger partial charge < -0.3 is 5.11 Å². The van der Waals surface area contributed by atoms with Crippen molar-refractivity contribution in [2.45, 2.75) is 4.90 Å². The Morgan fingerprint density at radius 3 is 2.59 bits per heavy atom. The van der Waals surface area contributed by atoms with E-state index in [9.17, 15) is 12.8 Å². The summed E-state index contributed by atoms with van der Waals surface area (Å²) in [5.74, 6) is -0.969. The van der Waals surface area contributed by atoms with Crippen molar-refractivity contribution in [1.82, 2.24) is 4.98 Å². The lowest BCUT2D eigenvalue weighted by atomic mass is 10.3. The van der Waals surface area contributed by atoms with Crippen LogP contribution in [0.25, 0.3) is 0 Å². The number of benzene rings is 1. The fraction of sp³-hybridized carbons (Fsp3) is 0.143. The lowest BCUT2D eigenvalue weighted by molar-refractivity contribution is 0.306. The van der Waals surface area contributed by atoms with Crippen LogP contribution in [0.3, 0.4) is 0 Å². The highest BCUT2D eigenvalue weighted by Gasteiger charge is 2.26. The molecule has 114 valence electrons. The maximum atomic E-state index is 13.3. The lowest BCUT2D eigenvalue weighted by Crippen LogP contribution is -2.34. The number of sulfonamides is 1. The predicted octanol–water partition coefficient (Wildman–Crippen LogP) is 1.28. The van der Waals surface area contributed by atoms with Crippen molar-refractivity contribution in [2.24, 2.45) is 0 Å². The van der Waals surface area contributed by atoms with E-state index < -0.39 is 22.4 Å². The molecule has 1 aromatic carbocycles. The maximum absolute atomic E-state index is 13.3. The molecule has 0 atom stereocenters. The topological polar surface area (TPSA) is 94.3 Å². The van der Waals surface area contributed by atoms with Gasteiger partial charge in [0.15, 0.2) is 5.82 Å². The molecule has 0 bridgehead atoms. The molecule has 8 heteroatoms. The number of anilines is 1. The van der Waals surface area contributed by atoms with Crippen LogP contribution in [0.4, 0.5) is 10.2 Å². The molecule has 1 aromatic heterocycles. The monoisotopic (exact) mass is 321 g/mol. The van der Waals surface area contributed by atoms with Gasteiger partial charge in [-0.2, -0.15) is 5.26 Å². The third kappa shape index (κ3) is 3.05. The van der Waals surface area contributed by atoms with E-state index in [2.05, 4.69) is 4.98 Å². The fourth-order valence-electron chi connectivity index (χ4n) is 1.82. The van der Waals surface area contributed by atoms with Crippen LogP contribution in [0.2, 0.25) is 0 Å². The minimum atomic E-state index is -3.98. The molecule has 2 aromatic rings. The first-order chi connectivity index (χ1) is 10.5. The van der Waals surface area contributed by atoms with Gasteiger partial charge in [-0.1, -0.05) is 18.2 Å². The molecule has 1 N–H and O–H groups in total. The van der Waals surface area contributed by atoms with Gasteiger partial charge >= 0.3 is 0 Å². The van der Waals surface area contributed by atoms with Gasteiger partial charge in [0.1, 0.15) is 11.9 Å². The van der Waals surface area contributed by atoms with Gasteiger partial charge in [0, 0.05) is 6.07 Å². The van der Waals surface area contributed by atoms with Crippen molar-refractivity contribution in [3.05, 3.63) is 54.0 Å². The van der Waals surface area contributed by atoms with Gasteiger partial charge in [0.25, 0.3) is 10.0 Å². The van der Waals surface area contributed by atoms with Crippen LogP contribution in [0.15, 0.2) is 47.5 Å². The molecule has 0 radical (unpaired) electrons. The summed E-state index contributed by atoms with van der Waals surface area (Å²) in [5.41, 5.74) is -0.323. The summed E-state index contributed by atoms with van der Waals surface area (Å²) in [6.45, 7) is -0.715. The van der Waals surface area contributed by atoms with Gasteiger partial charge in [-0.25, -0.2) is 22.1 Å². The average Bonchev–Trinajstić information content (AvgIpc) is 2.54. The van der Waals surface area contributed by atoms with E-state index in [0.29, 0.717) is 0 Å². The Kier molecular flexibility index (Phi) is 4.70. The number of halogens is 1. The second-order valence-electron chi connectivity index (χ2n) is 4.25. The molecular weight excluding hydrogens is 309 g/mol. The average molecular weight is 321 g/mol. The summed E-state index contributed by atoms with van der Waals surface area (Å²) in [5, 5.41) is 18.0. The van der Waals surface area contributed by atoms with Gasteiger partial charge in [-0.3, -0.25) is 0 Å². The number of hydrogen-bond acceptors (Lipinski definition) is 5. The molecule has 1 heterocycles. The molecule has 6 nitrogen and oxygen atoms in total. The molecule has 0 fully saturated rings. The van der Waals surface area contributed by atoms with Crippen LogP contribution in [0, 0.1) is 17.1 Å². The number of aliphatic hydroxyl groups excluding tert-OH is 1. The Hall–Kier alpha value is -2.50. The van der Waals surface area contributed by atoms with Crippen molar-refractivity contribution in [2.75, 3.05) is 17.5 Å². The quantitative estimate of drug-likeness (QED) is 0.895. The largest absolute Gasteiger partial charge is 0.394 e. The van der Waals surface area contributed by atoms with Crippen LogP contribution in [0.5, 0.6) is 0 Å². The zero-order valence-electron chi connectivity index (χ0n) is 11.3. The molecule has 0 saturated carbocycles. The summed E-state index contributed by atoms with van der Waals surface area (Å²) in [6.07, 6.45) is 0.777. The number of nitriles is 1. The first kappa shape index (κ1) is 15.9. The van der Waals surface area contributed by atoms with E-state index in [-0.39, 0.29) is 22.8 Å². The van der Waals surface area contributed by atoms with Crippen molar-refractivity contribution in [1.29, 1.82) is 5.26 Å². The van der Waals surface area contributed by atoms with Gasteiger partial charge in [0.2, 0.25) is 0 Å². The Balaban J connectivity index is 2.54. The van der Waals surface area contributed by atoms with Gasteiger partial charge in [-0.15, -0.1) is 0 Å². The number of aliphatic hydroxyl groups is 1. The van der Waals surface area contributed by atoms with Crippen molar-refractivity contribution >= 4 is 15.8 Å². The minimum absolute atomic E-state index is 0.00748. The normalized spacial score (nSPS) is 11.0. The van der Waals surface area contributed by atoms with Crippen LogP contribution < -0.4 is 4.31 Å². The fourth-order valence-corrected chi connectivity index (χ4v) is 3.24. The molecule has 0 saturated heterocycles. The van der Waals surface area contributed by atoms with Crippen molar-refractivity contribution < 1.29 is 17.9 Å². The highest BCUT2D eigenvalue weighted by atomic mass is 32.2. The molecule has 0 aliphatic heterocycles. The molecule has 0 unspecified atom stereocenters. The molecule has 22 heavy (non-hydrogen) atoms. The standard InChI is InChI=1S/C14H12FN3O3S/c15-13-10-17-14(8-11(13)9-16)18(6-7-19)22(20,21)12-4-2-1-3-5-12/h1-5,8,10,19H,6-7H2. The summed E-state index contributed by atoms with van der Waals surface area (Å²) in [7, 11) is -3.98. The van der Waals surface area contributed by atoms with E-state index in [4.69, 9.17) is 10.4 Å². The Labute approximate surface area is 127 Å². The second kappa shape index (κ2) is 6.51. The third-order valence-electron chi connectivity index (χ3n) is 2.85.